The number of aromatic hydroxyl groups is 1. The van der Waals surface area contributed by atoms with Gasteiger partial charge in [0.2, 0.25) is 0 Å². The fourth-order valence-electron chi connectivity index (χ4n) is 1.71. The first kappa shape index (κ1) is 13.8. The van der Waals surface area contributed by atoms with Crippen LogP contribution >= 0.6 is 0 Å². The highest BCUT2D eigenvalue weighted by Gasteiger charge is 2.09. The van der Waals surface area contributed by atoms with Crippen molar-refractivity contribution in [2.45, 2.75) is 0 Å². The van der Waals surface area contributed by atoms with Crippen LogP contribution in [-0.4, -0.2) is 18.0 Å². The predicted molar refractivity (Wildman–Crippen MR) is 74.4 cm³/mol. The van der Waals surface area contributed by atoms with Gasteiger partial charge in [0.25, 0.3) is 0 Å². The molecule has 0 saturated heterocycles. The third-order valence-electron chi connectivity index (χ3n) is 2.75. The summed E-state index contributed by atoms with van der Waals surface area (Å²) in [5, 5.41) is 9.54. The van der Waals surface area contributed by atoms with Gasteiger partial charge in [-0.3, -0.25) is 4.79 Å². The average Bonchev–Trinajstić information content (AvgIpc) is 2.47. The molecular formula is C16H13FO3. The Bertz CT molecular complexity index is 663. The second-order valence-electron chi connectivity index (χ2n) is 4.14. The number of rotatable bonds is 4. The number of phenols is 1. The molecule has 0 amide bonds. The minimum atomic E-state index is -0.569. The van der Waals surface area contributed by atoms with E-state index in [-0.39, 0.29) is 11.3 Å². The molecule has 2 aromatic carbocycles. The number of ether oxygens (including phenoxy) is 1. The third kappa shape index (κ3) is 3.23. The topological polar surface area (TPSA) is 46.5 Å². The minimum Gasteiger partial charge on any atom is -0.507 e. The summed E-state index contributed by atoms with van der Waals surface area (Å²) in [6.07, 6.45) is 2.86. The maximum absolute atomic E-state index is 13.1. The lowest BCUT2D eigenvalue weighted by molar-refractivity contribution is 0.104. The Labute approximate surface area is 115 Å². The number of halogens is 1. The van der Waals surface area contributed by atoms with Gasteiger partial charge in [0.15, 0.2) is 5.78 Å². The lowest BCUT2D eigenvalue weighted by atomic mass is 10.1. The number of hydrogen-bond acceptors (Lipinski definition) is 3. The van der Waals surface area contributed by atoms with Crippen molar-refractivity contribution >= 4 is 11.9 Å². The maximum Gasteiger partial charge on any atom is 0.189 e. The molecule has 0 heterocycles. The molecule has 3 nitrogen and oxygen atoms in total. The highest BCUT2D eigenvalue weighted by Crippen LogP contribution is 2.20. The van der Waals surface area contributed by atoms with Crippen molar-refractivity contribution in [1.82, 2.24) is 0 Å². The molecule has 0 aliphatic heterocycles. The quantitative estimate of drug-likeness (QED) is 0.685. The molecule has 2 rings (SSSR count). The molecule has 0 atom stereocenters. The number of ketones is 1. The average molecular weight is 272 g/mol. The predicted octanol–water partition coefficient (Wildman–Crippen LogP) is 3.44. The van der Waals surface area contributed by atoms with Gasteiger partial charge in [-0.05, 0) is 42.0 Å². The van der Waals surface area contributed by atoms with E-state index in [0.717, 1.165) is 23.8 Å². The number of carbonyl (C=O) groups is 1. The van der Waals surface area contributed by atoms with Crippen molar-refractivity contribution in [2.24, 2.45) is 0 Å². The number of hydrogen-bond donors (Lipinski definition) is 1. The van der Waals surface area contributed by atoms with Crippen LogP contribution < -0.4 is 4.74 Å². The molecule has 0 fully saturated rings. The van der Waals surface area contributed by atoms with Crippen molar-refractivity contribution in [3.05, 3.63) is 65.5 Å². The molecule has 0 bridgehead atoms. The van der Waals surface area contributed by atoms with E-state index in [1.807, 2.05) is 0 Å². The van der Waals surface area contributed by atoms with Gasteiger partial charge in [0.1, 0.15) is 17.3 Å². The van der Waals surface area contributed by atoms with Gasteiger partial charge in [0, 0.05) is 0 Å². The zero-order valence-corrected chi connectivity index (χ0v) is 10.8. The van der Waals surface area contributed by atoms with Crippen molar-refractivity contribution in [3.63, 3.8) is 0 Å². The molecule has 0 aromatic heterocycles. The highest BCUT2D eigenvalue weighted by atomic mass is 19.1. The van der Waals surface area contributed by atoms with Gasteiger partial charge in [-0.1, -0.05) is 18.2 Å². The number of allylic oxidation sites excluding steroid dienone is 1. The van der Waals surface area contributed by atoms with Crippen LogP contribution in [0.25, 0.3) is 6.08 Å². The van der Waals surface area contributed by atoms with E-state index >= 15 is 0 Å². The van der Waals surface area contributed by atoms with Crippen molar-refractivity contribution in [3.8, 4) is 11.5 Å². The Kier molecular flexibility index (Phi) is 4.15. The summed E-state index contributed by atoms with van der Waals surface area (Å²) in [4.78, 5) is 11.9. The lowest BCUT2D eigenvalue weighted by Crippen LogP contribution is -1.95. The summed E-state index contributed by atoms with van der Waals surface area (Å²) < 4.78 is 18.1. The van der Waals surface area contributed by atoms with E-state index in [1.165, 1.54) is 6.08 Å². The molecule has 4 heteroatoms. The number of phenolic OH excluding ortho intramolecular Hbond substituents is 1. The van der Waals surface area contributed by atoms with Gasteiger partial charge in [-0.2, -0.15) is 0 Å². The largest absolute Gasteiger partial charge is 0.507 e. The Balaban J connectivity index is 2.22. The molecular weight excluding hydrogens is 259 g/mol. The first-order chi connectivity index (χ1) is 9.60. The van der Waals surface area contributed by atoms with Crippen molar-refractivity contribution < 1.29 is 19.0 Å². The zero-order chi connectivity index (χ0) is 14.5. The van der Waals surface area contributed by atoms with Crippen LogP contribution in [0.1, 0.15) is 15.9 Å². The van der Waals surface area contributed by atoms with Gasteiger partial charge >= 0.3 is 0 Å². The molecule has 0 aliphatic rings. The monoisotopic (exact) mass is 272 g/mol. The molecule has 0 unspecified atom stereocenters. The molecule has 0 aliphatic carbocycles. The minimum absolute atomic E-state index is 0.0656. The van der Waals surface area contributed by atoms with E-state index < -0.39 is 11.6 Å². The molecule has 0 saturated carbocycles. The molecule has 0 spiro atoms. The number of methoxy groups -OCH3 is 1. The maximum atomic E-state index is 13.1. The van der Waals surface area contributed by atoms with Crippen LogP contribution in [0.15, 0.2) is 48.5 Å². The fraction of sp³-hybridized carbons (Fsp3) is 0.0625. The summed E-state index contributed by atoms with van der Waals surface area (Å²) in [5.74, 6) is -0.606. The molecule has 0 radical (unpaired) electrons. The summed E-state index contributed by atoms with van der Waals surface area (Å²) >= 11 is 0. The Morgan fingerprint density at radius 1 is 1.25 bits per heavy atom. The zero-order valence-electron chi connectivity index (χ0n) is 10.8. The summed E-state index contributed by atoms with van der Waals surface area (Å²) in [5.41, 5.74) is 0.706. The van der Waals surface area contributed by atoms with E-state index in [9.17, 15) is 14.3 Å². The van der Waals surface area contributed by atoms with E-state index in [4.69, 9.17) is 4.74 Å². The van der Waals surface area contributed by atoms with Gasteiger partial charge in [-0.25, -0.2) is 4.39 Å². The standard InChI is InChI=1S/C16H13FO3/c1-20-13-4-2-3-11(9-13)5-7-15(18)14-10-12(17)6-8-16(14)19/h2-10,19H,1H3. The number of carbonyl (C=O) groups excluding carboxylic acids is 1. The summed E-state index contributed by atoms with van der Waals surface area (Å²) in [6, 6.07) is 10.4. The molecule has 2 aromatic rings. The number of benzene rings is 2. The van der Waals surface area contributed by atoms with Gasteiger partial charge in [-0.15, -0.1) is 0 Å². The van der Waals surface area contributed by atoms with Crippen LogP contribution in [0.4, 0.5) is 4.39 Å². The molecule has 1 N–H and O–H groups in total. The van der Waals surface area contributed by atoms with Crippen LogP contribution in [0, 0.1) is 5.82 Å². The Morgan fingerprint density at radius 3 is 2.80 bits per heavy atom. The van der Waals surface area contributed by atoms with Crippen molar-refractivity contribution in [1.29, 1.82) is 0 Å². The van der Waals surface area contributed by atoms with E-state index in [2.05, 4.69) is 0 Å². The first-order valence-electron chi connectivity index (χ1n) is 5.95. The molecule has 20 heavy (non-hydrogen) atoms. The van der Waals surface area contributed by atoms with Crippen LogP contribution in [0.3, 0.4) is 0 Å². The Hall–Kier alpha value is -2.62. The van der Waals surface area contributed by atoms with Crippen LogP contribution in [0.2, 0.25) is 0 Å². The second kappa shape index (κ2) is 6.02. The summed E-state index contributed by atoms with van der Waals surface area (Å²) in [7, 11) is 1.55. The smallest absolute Gasteiger partial charge is 0.189 e. The second-order valence-corrected chi connectivity index (χ2v) is 4.14. The Morgan fingerprint density at radius 2 is 2.05 bits per heavy atom. The van der Waals surface area contributed by atoms with Gasteiger partial charge < -0.3 is 9.84 Å². The molecule has 102 valence electrons. The van der Waals surface area contributed by atoms with Crippen molar-refractivity contribution in [2.75, 3.05) is 7.11 Å². The summed E-state index contributed by atoms with van der Waals surface area (Å²) in [6.45, 7) is 0. The van der Waals surface area contributed by atoms with Gasteiger partial charge in [0.05, 0.1) is 12.7 Å². The van der Waals surface area contributed by atoms with E-state index in [0.29, 0.717) is 5.75 Å². The fourth-order valence-corrected chi connectivity index (χ4v) is 1.71. The van der Waals surface area contributed by atoms with E-state index in [1.54, 1.807) is 37.5 Å². The third-order valence-corrected chi connectivity index (χ3v) is 2.75. The lowest BCUT2D eigenvalue weighted by Gasteiger charge is -2.01. The van der Waals surface area contributed by atoms with Crippen LogP contribution in [0.5, 0.6) is 11.5 Å². The first-order valence-corrected chi connectivity index (χ1v) is 5.95. The van der Waals surface area contributed by atoms with Crippen LogP contribution in [-0.2, 0) is 0 Å². The normalized spacial score (nSPS) is 10.7. The highest BCUT2D eigenvalue weighted by molar-refractivity contribution is 6.08. The SMILES string of the molecule is COc1cccc(C=CC(=O)c2cc(F)ccc2O)c1.